The summed E-state index contributed by atoms with van der Waals surface area (Å²) >= 11 is 0. The molecule has 0 radical (unpaired) electrons. The van der Waals surface area contributed by atoms with Crippen LogP contribution in [0.1, 0.15) is 30.0 Å². The Morgan fingerprint density at radius 3 is 2.71 bits per heavy atom. The maximum Gasteiger partial charge on any atom is 0.169 e. The molecule has 17 heavy (non-hydrogen) atoms. The molecule has 4 heteroatoms. The molecule has 0 amide bonds. The van der Waals surface area contributed by atoms with Gasteiger partial charge in [0.15, 0.2) is 5.82 Å². The molecule has 1 heterocycles. The lowest BCUT2D eigenvalue weighted by Crippen LogP contribution is -2.07. The highest BCUT2D eigenvalue weighted by Crippen LogP contribution is 2.41. The Kier molecular flexibility index (Phi) is 2.55. The van der Waals surface area contributed by atoms with Gasteiger partial charge in [-0.2, -0.15) is 0 Å². The second-order valence-corrected chi connectivity index (χ2v) is 4.59. The van der Waals surface area contributed by atoms with Gasteiger partial charge < -0.3 is 5.73 Å². The Hall–Kier alpha value is -1.84. The molecule has 2 N–H and O–H groups in total. The van der Waals surface area contributed by atoms with Gasteiger partial charge in [-0.25, -0.2) is 4.68 Å². The van der Waals surface area contributed by atoms with Gasteiger partial charge in [0.25, 0.3) is 0 Å². The molecule has 1 saturated carbocycles. The number of nitrogens with zero attached hydrogens (tertiary/aromatic N) is 3. The van der Waals surface area contributed by atoms with Gasteiger partial charge in [0.1, 0.15) is 0 Å². The monoisotopic (exact) mass is 228 g/mol. The van der Waals surface area contributed by atoms with Gasteiger partial charge in [-0.15, -0.1) is 5.10 Å². The maximum absolute atomic E-state index is 5.86. The fraction of sp³-hybridized carbons (Fsp3) is 0.385. The number of rotatable bonds is 4. The number of anilines is 1. The first kappa shape index (κ1) is 10.3. The van der Waals surface area contributed by atoms with E-state index in [1.165, 1.54) is 18.4 Å². The third-order valence-corrected chi connectivity index (χ3v) is 3.22. The molecular weight excluding hydrogens is 212 g/mol. The van der Waals surface area contributed by atoms with Gasteiger partial charge in [-0.05, 0) is 24.8 Å². The Morgan fingerprint density at radius 1 is 1.24 bits per heavy atom. The SMILES string of the molecule is Nc1nnn(CCc2ccccc2)c1C1CC1. The molecule has 1 aromatic heterocycles. The molecule has 0 saturated heterocycles. The third-order valence-electron chi connectivity index (χ3n) is 3.22. The van der Waals surface area contributed by atoms with E-state index in [-0.39, 0.29) is 0 Å². The summed E-state index contributed by atoms with van der Waals surface area (Å²) in [7, 11) is 0. The first-order valence-corrected chi connectivity index (χ1v) is 6.07. The quantitative estimate of drug-likeness (QED) is 0.870. The Bertz CT molecular complexity index is 499. The van der Waals surface area contributed by atoms with E-state index in [2.05, 4.69) is 34.6 Å². The third kappa shape index (κ3) is 2.16. The van der Waals surface area contributed by atoms with Crippen LogP contribution in [0.15, 0.2) is 30.3 Å². The molecule has 4 nitrogen and oxygen atoms in total. The molecule has 2 aromatic rings. The van der Waals surface area contributed by atoms with Crippen molar-refractivity contribution in [3.63, 3.8) is 0 Å². The van der Waals surface area contributed by atoms with E-state index in [1.54, 1.807) is 0 Å². The van der Waals surface area contributed by atoms with Gasteiger partial charge >= 0.3 is 0 Å². The molecule has 1 aliphatic carbocycles. The van der Waals surface area contributed by atoms with Crippen LogP contribution < -0.4 is 5.73 Å². The lowest BCUT2D eigenvalue weighted by Gasteiger charge is -2.05. The molecule has 3 rings (SSSR count). The predicted molar refractivity (Wildman–Crippen MR) is 66.6 cm³/mol. The van der Waals surface area contributed by atoms with Crippen LogP contribution in [0, 0.1) is 0 Å². The van der Waals surface area contributed by atoms with E-state index in [1.807, 2.05) is 10.7 Å². The van der Waals surface area contributed by atoms with Crippen molar-refractivity contribution in [1.82, 2.24) is 15.0 Å². The normalized spacial score (nSPS) is 15.1. The minimum Gasteiger partial charge on any atom is -0.381 e. The molecule has 0 bridgehead atoms. The van der Waals surface area contributed by atoms with Crippen molar-refractivity contribution in [1.29, 1.82) is 0 Å². The van der Waals surface area contributed by atoms with E-state index in [4.69, 9.17) is 5.73 Å². The van der Waals surface area contributed by atoms with Crippen LogP contribution in [0.25, 0.3) is 0 Å². The molecule has 1 fully saturated rings. The van der Waals surface area contributed by atoms with E-state index < -0.39 is 0 Å². The molecule has 1 aliphatic rings. The zero-order valence-corrected chi connectivity index (χ0v) is 9.71. The summed E-state index contributed by atoms with van der Waals surface area (Å²) in [6.07, 6.45) is 3.43. The van der Waals surface area contributed by atoms with Crippen molar-refractivity contribution in [3.05, 3.63) is 41.6 Å². The van der Waals surface area contributed by atoms with E-state index in [0.717, 1.165) is 18.7 Å². The first-order chi connectivity index (χ1) is 8.34. The van der Waals surface area contributed by atoms with Gasteiger partial charge in [0, 0.05) is 12.5 Å². The number of aromatic nitrogens is 3. The largest absolute Gasteiger partial charge is 0.381 e. The van der Waals surface area contributed by atoms with E-state index >= 15 is 0 Å². The van der Waals surface area contributed by atoms with Crippen LogP contribution in [0.3, 0.4) is 0 Å². The fourth-order valence-corrected chi connectivity index (χ4v) is 2.16. The summed E-state index contributed by atoms with van der Waals surface area (Å²) in [5.41, 5.74) is 8.32. The minimum absolute atomic E-state index is 0.598. The van der Waals surface area contributed by atoms with Gasteiger partial charge in [-0.1, -0.05) is 35.5 Å². The first-order valence-electron chi connectivity index (χ1n) is 6.07. The lowest BCUT2D eigenvalue weighted by molar-refractivity contribution is 0.565. The molecule has 0 unspecified atom stereocenters. The van der Waals surface area contributed by atoms with Crippen molar-refractivity contribution in [2.24, 2.45) is 0 Å². The zero-order valence-electron chi connectivity index (χ0n) is 9.71. The molecule has 1 aromatic carbocycles. The number of nitrogens with two attached hydrogens (primary N) is 1. The highest BCUT2D eigenvalue weighted by atomic mass is 15.4. The van der Waals surface area contributed by atoms with Crippen molar-refractivity contribution in [2.75, 3.05) is 5.73 Å². The fourth-order valence-electron chi connectivity index (χ4n) is 2.16. The molecule has 88 valence electrons. The van der Waals surface area contributed by atoms with Gasteiger partial charge in [0.05, 0.1) is 5.69 Å². The summed E-state index contributed by atoms with van der Waals surface area (Å²) < 4.78 is 1.97. The molecule has 0 spiro atoms. The maximum atomic E-state index is 5.86. The van der Waals surface area contributed by atoms with Crippen LogP contribution in [-0.4, -0.2) is 15.0 Å². The zero-order chi connectivity index (χ0) is 11.7. The minimum atomic E-state index is 0.598. The van der Waals surface area contributed by atoms with Crippen molar-refractivity contribution in [3.8, 4) is 0 Å². The van der Waals surface area contributed by atoms with Crippen LogP contribution in [0.2, 0.25) is 0 Å². The van der Waals surface area contributed by atoms with E-state index in [9.17, 15) is 0 Å². The Labute approximate surface area is 100 Å². The summed E-state index contributed by atoms with van der Waals surface area (Å²) in [5, 5.41) is 8.11. The number of benzene rings is 1. The highest BCUT2D eigenvalue weighted by Gasteiger charge is 2.30. The lowest BCUT2D eigenvalue weighted by atomic mass is 10.1. The summed E-state index contributed by atoms with van der Waals surface area (Å²) in [5.74, 6) is 1.21. The van der Waals surface area contributed by atoms with Crippen LogP contribution >= 0.6 is 0 Å². The Morgan fingerprint density at radius 2 is 2.00 bits per heavy atom. The second kappa shape index (κ2) is 4.20. The summed E-state index contributed by atoms with van der Waals surface area (Å²) in [4.78, 5) is 0. The average molecular weight is 228 g/mol. The number of nitrogen functional groups attached to an aromatic ring is 1. The number of hydrogen-bond donors (Lipinski definition) is 1. The predicted octanol–water partition coefficient (Wildman–Crippen LogP) is 1.98. The number of hydrogen-bond acceptors (Lipinski definition) is 3. The number of aryl methyl sites for hydroxylation is 2. The Balaban J connectivity index is 1.73. The van der Waals surface area contributed by atoms with E-state index in [0.29, 0.717) is 11.7 Å². The highest BCUT2D eigenvalue weighted by molar-refractivity contribution is 5.38. The van der Waals surface area contributed by atoms with Crippen molar-refractivity contribution >= 4 is 5.82 Å². The van der Waals surface area contributed by atoms with Gasteiger partial charge in [0.2, 0.25) is 0 Å². The molecular formula is C13H16N4. The second-order valence-electron chi connectivity index (χ2n) is 4.59. The topological polar surface area (TPSA) is 56.7 Å². The van der Waals surface area contributed by atoms with Crippen LogP contribution in [0.4, 0.5) is 5.82 Å². The van der Waals surface area contributed by atoms with Crippen molar-refractivity contribution in [2.45, 2.75) is 31.7 Å². The average Bonchev–Trinajstić information content (AvgIpc) is 3.12. The standard InChI is InChI=1S/C13H16N4/c14-13-12(11-6-7-11)17(16-15-13)9-8-10-4-2-1-3-5-10/h1-5,11H,6-9,14H2. The smallest absolute Gasteiger partial charge is 0.169 e. The van der Waals surface area contributed by atoms with Crippen LogP contribution in [-0.2, 0) is 13.0 Å². The summed E-state index contributed by atoms with van der Waals surface area (Å²) in [6, 6.07) is 10.4. The molecule has 0 atom stereocenters. The van der Waals surface area contributed by atoms with Crippen LogP contribution in [0.5, 0.6) is 0 Å². The van der Waals surface area contributed by atoms with Gasteiger partial charge in [-0.3, -0.25) is 0 Å². The molecule has 0 aliphatic heterocycles. The van der Waals surface area contributed by atoms with Crippen molar-refractivity contribution < 1.29 is 0 Å². The summed E-state index contributed by atoms with van der Waals surface area (Å²) in [6.45, 7) is 0.861.